The molecule has 1 aromatic rings. The molecule has 1 N–H and O–H groups in total. The third kappa shape index (κ3) is 11.9. The molecule has 0 aliphatic heterocycles. The smallest absolute Gasteiger partial charge is 0.325 e. The minimum Gasteiger partial charge on any atom is -0.464 e. The molecule has 0 saturated heterocycles. The molecule has 4 nitrogen and oxygen atoms in total. The minimum absolute atomic E-state index is 0.292. The number of rotatable bonds is 17. The van der Waals surface area contributed by atoms with E-state index >= 15 is 0 Å². The minimum atomic E-state index is -0.969. The Hall–Kier alpha value is -1.98. The Morgan fingerprint density at radius 2 is 1.27 bits per heavy atom. The van der Waals surface area contributed by atoms with Gasteiger partial charge in [-0.1, -0.05) is 90.0 Å². The van der Waals surface area contributed by atoms with Crippen LogP contribution in [0.5, 0.6) is 0 Å². The van der Waals surface area contributed by atoms with Gasteiger partial charge in [0.1, 0.15) is 23.7 Å². The number of ether oxygens (including phenoxy) is 1. The van der Waals surface area contributed by atoms with Gasteiger partial charge in [-0.2, -0.15) is 0 Å². The van der Waals surface area contributed by atoms with Crippen molar-refractivity contribution in [1.82, 2.24) is 5.32 Å². The van der Waals surface area contributed by atoms with Gasteiger partial charge in [0, 0.05) is 0 Å². The number of esters is 1. The van der Waals surface area contributed by atoms with Crippen LogP contribution in [0.15, 0.2) is 18.2 Å². The zero-order valence-corrected chi connectivity index (χ0v) is 18.3. The molecule has 0 bridgehead atoms. The van der Waals surface area contributed by atoms with Gasteiger partial charge < -0.3 is 10.1 Å². The van der Waals surface area contributed by atoms with Crippen LogP contribution in [-0.4, -0.2) is 25.0 Å². The van der Waals surface area contributed by atoms with Crippen LogP contribution in [0.25, 0.3) is 0 Å². The third-order valence-corrected chi connectivity index (χ3v) is 5.09. The van der Waals surface area contributed by atoms with Gasteiger partial charge in [0.2, 0.25) is 0 Å². The number of unbranched alkanes of at least 4 members (excludes halogenated alkanes) is 12. The van der Waals surface area contributed by atoms with E-state index in [2.05, 4.69) is 12.2 Å². The van der Waals surface area contributed by atoms with Crippen molar-refractivity contribution in [2.75, 3.05) is 13.2 Å². The Morgan fingerprint density at radius 3 is 1.77 bits per heavy atom. The molecule has 0 unspecified atom stereocenters. The van der Waals surface area contributed by atoms with Crippen molar-refractivity contribution in [2.24, 2.45) is 0 Å². The Bertz CT molecular complexity index is 602. The average molecular weight is 426 g/mol. The summed E-state index contributed by atoms with van der Waals surface area (Å²) in [6, 6.07) is 3.15. The van der Waals surface area contributed by atoms with Gasteiger partial charge >= 0.3 is 5.97 Å². The SMILES string of the molecule is CCCCCCCCCCCCCCCOC(=O)CNC(=O)c1c(F)cccc1F. The first-order valence-electron chi connectivity index (χ1n) is 11.4. The molecule has 0 atom stereocenters. The quantitative estimate of drug-likeness (QED) is 0.234. The molecule has 0 heterocycles. The molecule has 6 heteroatoms. The number of halogens is 2. The monoisotopic (exact) mass is 425 g/mol. The molecular weight excluding hydrogens is 388 g/mol. The Kier molecular flexibility index (Phi) is 14.6. The molecule has 1 aromatic carbocycles. The molecule has 0 aromatic heterocycles. The van der Waals surface area contributed by atoms with Crippen LogP contribution in [0.3, 0.4) is 0 Å². The number of amides is 1. The van der Waals surface area contributed by atoms with Crippen molar-refractivity contribution in [3.8, 4) is 0 Å². The first kappa shape index (κ1) is 26.1. The second kappa shape index (κ2) is 16.8. The number of carbonyl (C=O) groups excluding carboxylic acids is 2. The summed E-state index contributed by atoms with van der Waals surface area (Å²) in [5, 5.41) is 2.19. The van der Waals surface area contributed by atoms with Gasteiger partial charge in [-0.25, -0.2) is 8.78 Å². The summed E-state index contributed by atoms with van der Waals surface area (Å²) >= 11 is 0. The van der Waals surface area contributed by atoms with E-state index in [4.69, 9.17) is 4.74 Å². The van der Waals surface area contributed by atoms with Gasteiger partial charge in [0.25, 0.3) is 5.91 Å². The van der Waals surface area contributed by atoms with Gasteiger partial charge in [-0.3, -0.25) is 9.59 Å². The van der Waals surface area contributed by atoms with Crippen molar-refractivity contribution in [2.45, 2.75) is 90.4 Å². The highest BCUT2D eigenvalue weighted by atomic mass is 19.1. The summed E-state index contributed by atoms with van der Waals surface area (Å²) in [5.41, 5.74) is -0.693. The van der Waals surface area contributed by atoms with Crippen LogP contribution in [0.2, 0.25) is 0 Å². The van der Waals surface area contributed by atoms with Crippen molar-refractivity contribution >= 4 is 11.9 Å². The van der Waals surface area contributed by atoms with Gasteiger partial charge in [0.15, 0.2) is 0 Å². The molecule has 0 spiro atoms. The van der Waals surface area contributed by atoms with Crippen LogP contribution in [0.1, 0.15) is 101 Å². The number of hydrogen-bond acceptors (Lipinski definition) is 3. The summed E-state index contributed by atoms with van der Waals surface area (Å²) < 4.78 is 32.1. The molecule has 1 rings (SSSR count). The van der Waals surface area contributed by atoms with Crippen molar-refractivity contribution in [1.29, 1.82) is 0 Å². The molecule has 1 amide bonds. The Labute approximate surface area is 179 Å². The van der Waals surface area contributed by atoms with Gasteiger partial charge in [-0.05, 0) is 18.6 Å². The second-order valence-electron chi connectivity index (χ2n) is 7.74. The van der Waals surface area contributed by atoms with E-state index in [9.17, 15) is 18.4 Å². The van der Waals surface area contributed by atoms with Crippen molar-refractivity contribution < 1.29 is 23.1 Å². The predicted octanol–water partition coefficient (Wildman–Crippen LogP) is 6.33. The van der Waals surface area contributed by atoms with E-state index in [1.165, 1.54) is 70.3 Å². The van der Waals surface area contributed by atoms with Gasteiger partial charge in [-0.15, -0.1) is 0 Å². The highest BCUT2D eigenvalue weighted by molar-refractivity contribution is 5.96. The summed E-state index contributed by atoms with van der Waals surface area (Å²) in [5.74, 6) is -3.51. The molecule has 170 valence electrons. The lowest BCUT2D eigenvalue weighted by molar-refractivity contribution is -0.142. The maximum absolute atomic E-state index is 13.5. The lowest BCUT2D eigenvalue weighted by atomic mass is 10.0. The van der Waals surface area contributed by atoms with Crippen LogP contribution >= 0.6 is 0 Å². The largest absolute Gasteiger partial charge is 0.464 e. The van der Waals surface area contributed by atoms with E-state index in [0.29, 0.717) is 6.61 Å². The average Bonchev–Trinajstić information content (AvgIpc) is 2.72. The second-order valence-corrected chi connectivity index (χ2v) is 7.74. The first-order valence-corrected chi connectivity index (χ1v) is 11.4. The number of benzene rings is 1. The molecule has 0 saturated carbocycles. The summed E-state index contributed by atoms with van der Waals surface area (Å²) in [4.78, 5) is 23.4. The fraction of sp³-hybridized carbons (Fsp3) is 0.667. The molecule has 0 aliphatic carbocycles. The van der Waals surface area contributed by atoms with E-state index in [-0.39, 0.29) is 0 Å². The Balaban J connectivity index is 1.95. The highest BCUT2D eigenvalue weighted by Crippen LogP contribution is 2.13. The number of nitrogens with one attached hydrogen (secondary N) is 1. The maximum atomic E-state index is 13.5. The first-order chi connectivity index (χ1) is 14.6. The van der Waals surface area contributed by atoms with E-state index in [1.54, 1.807) is 0 Å². The molecule has 30 heavy (non-hydrogen) atoms. The number of carbonyl (C=O) groups is 2. The van der Waals surface area contributed by atoms with Crippen LogP contribution < -0.4 is 5.32 Å². The summed E-state index contributed by atoms with van der Waals surface area (Å²) in [6.07, 6.45) is 16.1. The topological polar surface area (TPSA) is 55.4 Å². The normalized spacial score (nSPS) is 10.8. The maximum Gasteiger partial charge on any atom is 0.325 e. The van der Waals surface area contributed by atoms with E-state index < -0.39 is 35.6 Å². The van der Waals surface area contributed by atoms with Crippen molar-refractivity contribution in [3.05, 3.63) is 35.4 Å². The lowest BCUT2D eigenvalue weighted by Crippen LogP contribution is -2.32. The van der Waals surface area contributed by atoms with Crippen LogP contribution in [-0.2, 0) is 9.53 Å². The fourth-order valence-corrected chi connectivity index (χ4v) is 3.31. The van der Waals surface area contributed by atoms with E-state index in [1.807, 2.05) is 0 Å². The molecule has 0 aliphatic rings. The third-order valence-electron chi connectivity index (χ3n) is 5.09. The zero-order valence-electron chi connectivity index (χ0n) is 18.3. The Morgan fingerprint density at radius 1 is 0.800 bits per heavy atom. The molecule has 0 fully saturated rings. The molecular formula is C24H37F2NO3. The van der Waals surface area contributed by atoms with Gasteiger partial charge in [0.05, 0.1) is 6.61 Å². The standard InChI is InChI=1S/C24H37F2NO3/c1-2-3-4-5-6-7-8-9-10-11-12-13-14-18-30-22(28)19-27-24(29)23-20(25)16-15-17-21(23)26/h15-17H,2-14,18-19H2,1H3,(H,27,29). The van der Waals surface area contributed by atoms with Crippen LogP contribution in [0.4, 0.5) is 8.78 Å². The lowest BCUT2D eigenvalue weighted by Gasteiger charge is -2.08. The summed E-state index contributed by atoms with van der Waals surface area (Å²) in [6.45, 7) is 2.12. The fourth-order valence-electron chi connectivity index (χ4n) is 3.31. The van der Waals surface area contributed by atoms with Crippen molar-refractivity contribution in [3.63, 3.8) is 0 Å². The summed E-state index contributed by atoms with van der Waals surface area (Å²) in [7, 11) is 0. The molecule has 0 radical (unpaired) electrons. The number of hydrogen-bond donors (Lipinski definition) is 1. The highest BCUT2D eigenvalue weighted by Gasteiger charge is 2.17. The van der Waals surface area contributed by atoms with Crippen LogP contribution in [0, 0.1) is 11.6 Å². The zero-order chi connectivity index (χ0) is 22.0. The van der Waals surface area contributed by atoms with E-state index in [0.717, 1.165) is 31.4 Å². The predicted molar refractivity (Wildman–Crippen MR) is 115 cm³/mol.